The molecule has 2 unspecified atom stereocenters. The van der Waals surface area contributed by atoms with Crippen molar-refractivity contribution in [2.24, 2.45) is 0 Å². The highest BCUT2D eigenvalue weighted by Gasteiger charge is 2.32. The van der Waals surface area contributed by atoms with Gasteiger partial charge in [0.1, 0.15) is 0 Å². The predicted octanol–water partition coefficient (Wildman–Crippen LogP) is 0.696. The van der Waals surface area contributed by atoms with Crippen molar-refractivity contribution >= 4 is 22.4 Å². The first-order chi connectivity index (χ1) is 8.43. The van der Waals surface area contributed by atoms with Gasteiger partial charge in [0.05, 0.1) is 6.33 Å². The lowest BCUT2D eigenvalue weighted by Crippen LogP contribution is -2.55. The summed E-state index contributed by atoms with van der Waals surface area (Å²) in [6.45, 7) is 7.63. The number of imidazole rings is 1. The SMILES string of the molecule is CCn1cnc(S(=O)(=O)N2CC(C)NC(C)C2)c1.Cl. The highest BCUT2D eigenvalue weighted by molar-refractivity contribution is 7.89. The van der Waals surface area contributed by atoms with Gasteiger partial charge in [-0.15, -0.1) is 12.4 Å². The Hall–Kier alpha value is -0.630. The van der Waals surface area contributed by atoms with Crippen LogP contribution in [-0.4, -0.2) is 47.4 Å². The van der Waals surface area contributed by atoms with E-state index in [0.29, 0.717) is 13.1 Å². The molecule has 0 amide bonds. The van der Waals surface area contributed by atoms with E-state index in [1.165, 1.54) is 4.31 Å². The molecule has 8 heteroatoms. The van der Waals surface area contributed by atoms with E-state index in [1.807, 2.05) is 20.8 Å². The van der Waals surface area contributed by atoms with Gasteiger partial charge < -0.3 is 9.88 Å². The second kappa shape index (κ2) is 6.21. The van der Waals surface area contributed by atoms with Crippen LogP contribution in [0.2, 0.25) is 0 Å². The molecule has 19 heavy (non-hydrogen) atoms. The standard InChI is InChI=1S/C11H20N4O2S.ClH/c1-4-14-7-11(12-8-14)18(16,17)15-5-9(2)13-10(3)6-15;/h7-10,13H,4-6H2,1-3H3;1H. The molecule has 0 aliphatic carbocycles. The van der Waals surface area contributed by atoms with Crippen molar-refractivity contribution in [3.05, 3.63) is 12.5 Å². The van der Waals surface area contributed by atoms with Crippen LogP contribution in [0.3, 0.4) is 0 Å². The van der Waals surface area contributed by atoms with E-state index in [-0.39, 0.29) is 29.5 Å². The van der Waals surface area contributed by atoms with Gasteiger partial charge in [0, 0.05) is 37.9 Å². The molecule has 0 spiro atoms. The Balaban J connectivity index is 0.00000180. The van der Waals surface area contributed by atoms with Crippen LogP contribution in [0.1, 0.15) is 20.8 Å². The van der Waals surface area contributed by atoms with Crippen molar-refractivity contribution in [1.82, 2.24) is 19.2 Å². The smallest absolute Gasteiger partial charge is 0.262 e. The molecule has 1 aromatic heterocycles. The minimum Gasteiger partial charge on any atom is -0.336 e. The molecule has 110 valence electrons. The van der Waals surface area contributed by atoms with Crippen LogP contribution >= 0.6 is 12.4 Å². The van der Waals surface area contributed by atoms with Gasteiger partial charge in [-0.05, 0) is 20.8 Å². The normalized spacial score (nSPS) is 25.0. The van der Waals surface area contributed by atoms with E-state index in [2.05, 4.69) is 10.3 Å². The maximum atomic E-state index is 12.4. The molecule has 1 N–H and O–H groups in total. The van der Waals surface area contributed by atoms with Gasteiger partial charge >= 0.3 is 0 Å². The molecular formula is C11H21ClN4O2S. The van der Waals surface area contributed by atoms with E-state index in [1.54, 1.807) is 17.1 Å². The number of nitrogens with one attached hydrogen (secondary N) is 1. The number of sulfonamides is 1. The Morgan fingerprint density at radius 3 is 2.42 bits per heavy atom. The molecule has 0 bridgehead atoms. The van der Waals surface area contributed by atoms with E-state index < -0.39 is 10.0 Å². The topological polar surface area (TPSA) is 67.2 Å². The van der Waals surface area contributed by atoms with E-state index in [0.717, 1.165) is 6.54 Å². The molecule has 0 aromatic carbocycles. The lowest BCUT2D eigenvalue weighted by atomic mass is 10.2. The number of nitrogens with zero attached hydrogens (tertiary/aromatic N) is 3. The average Bonchev–Trinajstić information content (AvgIpc) is 2.76. The molecule has 1 saturated heterocycles. The summed E-state index contributed by atoms with van der Waals surface area (Å²) < 4.78 is 28.1. The summed E-state index contributed by atoms with van der Waals surface area (Å²) in [6.07, 6.45) is 3.15. The minimum atomic E-state index is -3.46. The van der Waals surface area contributed by atoms with Crippen molar-refractivity contribution in [3.8, 4) is 0 Å². The maximum absolute atomic E-state index is 12.4. The fourth-order valence-corrected chi connectivity index (χ4v) is 3.80. The Morgan fingerprint density at radius 2 is 1.95 bits per heavy atom. The third-order valence-electron chi connectivity index (χ3n) is 3.10. The van der Waals surface area contributed by atoms with Gasteiger partial charge in [-0.1, -0.05) is 0 Å². The first kappa shape index (κ1) is 16.4. The molecule has 1 fully saturated rings. The molecular weight excluding hydrogens is 288 g/mol. The molecule has 0 radical (unpaired) electrons. The molecule has 6 nitrogen and oxygen atoms in total. The number of hydrogen-bond acceptors (Lipinski definition) is 4. The van der Waals surface area contributed by atoms with Crippen molar-refractivity contribution in [2.45, 2.75) is 44.4 Å². The Kier molecular flexibility index (Phi) is 5.37. The van der Waals surface area contributed by atoms with Crippen molar-refractivity contribution in [2.75, 3.05) is 13.1 Å². The van der Waals surface area contributed by atoms with Crippen molar-refractivity contribution in [1.29, 1.82) is 0 Å². The molecule has 1 aliphatic heterocycles. The number of piperazine rings is 1. The monoisotopic (exact) mass is 308 g/mol. The minimum absolute atomic E-state index is 0. The number of aryl methyl sites for hydroxylation is 1. The molecule has 0 saturated carbocycles. The third-order valence-corrected chi connectivity index (χ3v) is 4.82. The largest absolute Gasteiger partial charge is 0.336 e. The van der Waals surface area contributed by atoms with E-state index in [4.69, 9.17) is 0 Å². The van der Waals surface area contributed by atoms with Crippen LogP contribution < -0.4 is 5.32 Å². The van der Waals surface area contributed by atoms with Gasteiger partial charge in [0.2, 0.25) is 0 Å². The zero-order valence-corrected chi connectivity index (χ0v) is 13.0. The summed E-state index contributed by atoms with van der Waals surface area (Å²) in [5, 5.41) is 3.46. The van der Waals surface area contributed by atoms with Gasteiger partial charge in [-0.2, -0.15) is 4.31 Å². The lowest BCUT2D eigenvalue weighted by molar-refractivity contribution is 0.262. The Morgan fingerprint density at radius 1 is 1.37 bits per heavy atom. The predicted molar refractivity (Wildman–Crippen MR) is 76.0 cm³/mol. The number of rotatable bonds is 3. The number of halogens is 1. The fraction of sp³-hybridized carbons (Fsp3) is 0.727. The Bertz CT molecular complexity index is 507. The first-order valence-corrected chi connectivity index (χ1v) is 7.65. The van der Waals surface area contributed by atoms with Gasteiger partial charge in [-0.25, -0.2) is 13.4 Å². The maximum Gasteiger partial charge on any atom is 0.262 e. The molecule has 2 heterocycles. The van der Waals surface area contributed by atoms with Gasteiger partial charge in [-0.3, -0.25) is 0 Å². The van der Waals surface area contributed by atoms with Crippen LogP contribution in [0.25, 0.3) is 0 Å². The number of aromatic nitrogens is 2. The van der Waals surface area contributed by atoms with Gasteiger partial charge in [0.15, 0.2) is 5.03 Å². The first-order valence-electron chi connectivity index (χ1n) is 6.21. The molecule has 2 rings (SSSR count). The summed E-state index contributed by atoms with van der Waals surface area (Å²) in [6, 6.07) is 0.327. The third kappa shape index (κ3) is 3.47. The average molecular weight is 309 g/mol. The zero-order valence-electron chi connectivity index (χ0n) is 11.4. The lowest BCUT2D eigenvalue weighted by Gasteiger charge is -2.34. The second-order valence-corrected chi connectivity index (χ2v) is 6.72. The van der Waals surface area contributed by atoms with Crippen LogP contribution in [0, 0.1) is 0 Å². The second-order valence-electron chi connectivity index (χ2n) is 4.83. The summed E-state index contributed by atoms with van der Waals surface area (Å²) in [7, 11) is -3.46. The van der Waals surface area contributed by atoms with Gasteiger partial charge in [0.25, 0.3) is 10.0 Å². The van der Waals surface area contributed by atoms with Crippen molar-refractivity contribution in [3.63, 3.8) is 0 Å². The summed E-state index contributed by atoms with van der Waals surface area (Å²) in [4.78, 5) is 4.00. The highest BCUT2D eigenvalue weighted by Crippen LogP contribution is 2.17. The van der Waals surface area contributed by atoms with E-state index in [9.17, 15) is 8.42 Å². The molecule has 2 atom stereocenters. The molecule has 1 aromatic rings. The fourth-order valence-electron chi connectivity index (χ4n) is 2.25. The molecule has 1 aliphatic rings. The van der Waals surface area contributed by atoms with Crippen molar-refractivity contribution < 1.29 is 8.42 Å². The van der Waals surface area contributed by atoms with E-state index >= 15 is 0 Å². The summed E-state index contributed by atoms with van der Waals surface area (Å²) >= 11 is 0. The summed E-state index contributed by atoms with van der Waals surface area (Å²) in [5.74, 6) is 0. The quantitative estimate of drug-likeness (QED) is 0.892. The summed E-state index contributed by atoms with van der Waals surface area (Å²) in [5.41, 5.74) is 0. The zero-order chi connectivity index (χ0) is 13.3. The van der Waals surface area contributed by atoms with Crippen LogP contribution in [0.4, 0.5) is 0 Å². The Labute approximate surface area is 120 Å². The highest BCUT2D eigenvalue weighted by atomic mass is 35.5. The number of hydrogen-bond donors (Lipinski definition) is 1. The van der Waals surface area contributed by atoms with Crippen LogP contribution in [0.15, 0.2) is 17.6 Å². The van der Waals surface area contributed by atoms with Crippen LogP contribution in [-0.2, 0) is 16.6 Å². The van der Waals surface area contributed by atoms with Crippen LogP contribution in [0.5, 0.6) is 0 Å².